The third-order valence-corrected chi connectivity index (χ3v) is 3.47. The smallest absolute Gasteiger partial charge is 0.132 e. The Bertz CT molecular complexity index is 535. The maximum atomic E-state index is 5.93. The van der Waals surface area contributed by atoms with Crippen LogP contribution in [-0.4, -0.2) is 34.1 Å². The maximum absolute atomic E-state index is 5.93. The van der Waals surface area contributed by atoms with Crippen molar-refractivity contribution in [2.75, 3.05) is 18.0 Å². The van der Waals surface area contributed by atoms with Crippen molar-refractivity contribution >= 4 is 5.82 Å². The minimum Gasteiger partial charge on any atom is -0.356 e. The highest BCUT2D eigenvalue weighted by Crippen LogP contribution is 2.22. The van der Waals surface area contributed by atoms with Crippen molar-refractivity contribution in [2.45, 2.75) is 18.9 Å². The zero-order chi connectivity index (χ0) is 13.1. The second kappa shape index (κ2) is 5.32. The van der Waals surface area contributed by atoms with Gasteiger partial charge in [0.2, 0.25) is 0 Å². The van der Waals surface area contributed by atoms with E-state index in [1.807, 2.05) is 24.4 Å². The fraction of sp³-hybridized carbons (Fsp3) is 0.357. The Balaban J connectivity index is 1.84. The summed E-state index contributed by atoms with van der Waals surface area (Å²) in [6.07, 6.45) is 7.24. The largest absolute Gasteiger partial charge is 0.356 e. The summed E-state index contributed by atoms with van der Waals surface area (Å²) in [5, 5.41) is 0. The number of pyridine rings is 1. The van der Waals surface area contributed by atoms with Crippen LogP contribution in [0.5, 0.6) is 0 Å². The lowest BCUT2D eigenvalue weighted by Gasteiger charge is -2.31. The summed E-state index contributed by atoms with van der Waals surface area (Å²) < 4.78 is 0. The lowest BCUT2D eigenvalue weighted by Crippen LogP contribution is -2.40. The second-order valence-corrected chi connectivity index (χ2v) is 4.83. The van der Waals surface area contributed by atoms with Gasteiger partial charge in [-0.1, -0.05) is 0 Å². The number of hydrogen-bond acceptors (Lipinski definition) is 5. The standard InChI is InChI=1S/C14H17N5/c15-12-3-6-19(7-4-12)14-8-13(17-10-18-14)11-2-1-5-16-9-11/h1-2,5,8-10,12H,3-4,6-7,15H2. The van der Waals surface area contributed by atoms with E-state index >= 15 is 0 Å². The SMILES string of the molecule is NC1CCN(c2cc(-c3cccnc3)ncn2)CC1. The fourth-order valence-corrected chi connectivity index (χ4v) is 2.32. The van der Waals surface area contributed by atoms with Crippen molar-refractivity contribution in [1.82, 2.24) is 15.0 Å². The number of nitrogens with two attached hydrogens (primary N) is 1. The van der Waals surface area contributed by atoms with Crippen molar-refractivity contribution in [3.05, 3.63) is 36.9 Å². The predicted molar refractivity (Wildman–Crippen MR) is 74.7 cm³/mol. The molecule has 3 rings (SSSR count). The lowest BCUT2D eigenvalue weighted by molar-refractivity contribution is 0.498. The van der Waals surface area contributed by atoms with Crippen LogP contribution in [0.25, 0.3) is 11.3 Å². The van der Waals surface area contributed by atoms with Crippen LogP contribution in [0.3, 0.4) is 0 Å². The first-order valence-corrected chi connectivity index (χ1v) is 6.56. The number of hydrogen-bond donors (Lipinski definition) is 1. The van der Waals surface area contributed by atoms with Crippen molar-refractivity contribution < 1.29 is 0 Å². The van der Waals surface area contributed by atoms with Crippen molar-refractivity contribution in [3.8, 4) is 11.3 Å². The summed E-state index contributed by atoms with van der Waals surface area (Å²) in [6, 6.07) is 6.27. The molecule has 0 bridgehead atoms. The van der Waals surface area contributed by atoms with Gasteiger partial charge in [0.05, 0.1) is 5.69 Å². The molecule has 3 heterocycles. The molecule has 0 radical (unpaired) electrons. The lowest BCUT2D eigenvalue weighted by atomic mass is 10.1. The van der Waals surface area contributed by atoms with Crippen LogP contribution in [0.2, 0.25) is 0 Å². The summed E-state index contributed by atoms with van der Waals surface area (Å²) in [5.74, 6) is 0.973. The molecule has 19 heavy (non-hydrogen) atoms. The molecule has 0 unspecified atom stereocenters. The third-order valence-electron chi connectivity index (χ3n) is 3.47. The Morgan fingerprint density at radius 3 is 2.79 bits per heavy atom. The normalized spacial score (nSPS) is 16.6. The van der Waals surface area contributed by atoms with Gasteiger partial charge < -0.3 is 10.6 Å². The summed E-state index contributed by atoms with van der Waals surface area (Å²) in [6.45, 7) is 1.93. The van der Waals surface area contributed by atoms with Gasteiger partial charge in [0.15, 0.2) is 0 Å². The third kappa shape index (κ3) is 2.71. The van der Waals surface area contributed by atoms with Gasteiger partial charge in [0.1, 0.15) is 12.1 Å². The first kappa shape index (κ1) is 12.0. The molecule has 98 valence electrons. The first-order chi connectivity index (χ1) is 9.33. The molecule has 0 saturated carbocycles. The summed E-state index contributed by atoms with van der Waals surface area (Å²) >= 11 is 0. The van der Waals surface area contributed by atoms with Crippen LogP contribution in [0.4, 0.5) is 5.82 Å². The van der Waals surface area contributed by atoms with Gasteiger partial charge in [-0.3, -0.25) is 4.98 Å². The maximum Gasteiger partial charge on any atom is 0.132 e. The molecule has 2 aromatic heterocycles. The van der Waals surface area contributed by atoms with E-state index in [9.17, 15) is 0 Å². The van der Waals surface area contributed by atoms with Gasteiger partial charge in [-0.05, 0) is 25.0 Å². The molecule has 2 N–H and O–H groups in total. The Labute approximate surface area is 112 Å². The number of rotatable bonds is 2. The van der Waals surface area contributed by atoms with E-state index in [0.29, 0.717) is 6.04 Å². The predicted octanol–water partition coefficient (Wildman–Crippen LogP) is 1.47. The van der Waals surface area contributed by atoms with Gasteiger partial charge in [0, 0.05) is 43.2 Å². The van der Waals surface area contributed by atoms with E-state index in [-0.39, 0.29) is 0 Å². The van der Waals surface area contributed by atoms with E-state index in [2.05, 4.69) is 19.9 Å². The van der Waals surface area contributed by atoms with Gasteiger partial charge in [-0.25, -0.2) is 9.97 Å². The average molecular weight is 255 g/mol. The fourth-order valence-electron chi connectivity index (χ4n) is 2.32. The topological polar surface area (TPSA) is 67.9 Å². The minimum absolute atomic E-state index is 0.330. The highest BCUT2D eigenvalue weighted by atomic mass is 15.2. The Morgan fingerprint density at radius 2 is 2.05 bits per heavy atom. The van der Waals surface area contributed by atoms with Crippen molar-refractivity contribution in [1.29, 1.82) is 0 Å². The molecular weight excluding hydrogens is 238 g/mol. The van der Waals surface area contributed by atoms with Gasteiger partial charge in [0.25, 0.3) is 0 Å². The second-order valence-electron chi connectivity index (χ2n) is 4.83. The molecule has 2 aromatic rings. The van der Waals surface area contributed by atoms with Crippen LogP contribution in [0.1, 0.15) is 12.8 Å². The molecule has 1 fully saturated rings. The van der Waals surface area contributed by atoms with Crippen molar-refractivity contribution in [3.63, 3.8) is 0 Å². The average Bonchev–Trinajstić information content (AvgIpc) is 2.49. The summed E-state index contributed by atoms with van der Waals surface area (Å²) in [7, 11) is 0. The van der Waals surface area contributed by atoms with Crippen LogP contribution in [-0.2, 0) is 0 Å². The van der Waals surface area contributed by atoms with Gasteiger partial charge >= 0.3 is 0 Å². The highest BCUT2D eigenvalue weighted by Gasteiger charge is 2.17. The van der Waals surface area contributed by atoms with Crippen LogP contribution in [0.15, 0.2) is 36.9 Å². The molecule has 1 saturated heterocycles. The molecule has 0 aliphatic carbocycles. The number of aromatic nitrogens is 3. The molecule has 0 spiro atoms. The molecule has 5 heteroatoms. The van der Waals surface area contributed by atoms with Crippen molar-refractivity contribution in [2.24, 2.45) is 5.73 Å². The molecule has 0 aromatic carbocycles. The molecule has 1 aliphatic heterocycles. The van der Waals surface area contributed by atoms with E-state index in [1.54, 1.807) is 12.5 Å². The van der Waals surface area contributed by atoms with Gasteiger partial charge in [-0.2, -0.15) is 0 Å². The zero-order valence-electron chi connectivity index (χ0n) is 10.7. The molecule has 0 atom stereocenters. The summed E-state index contributed by atoms with van der Waals surface area (Å²) in [5.41, 5.74) is 7.85. The van der Waals surface area contributed by atoms with Crippen LogP contribution < -0.4 is 10.6 Å². The van der Waals surface area contributed by atoms with E-state index < -0.39 is 0 Å². The van der Waals surface area contributed by atoms with Gasteiger partial charge in [-0.15, -0.1) is 0 Å². The van der Waals surface area contributed by atoms with E-state index in [4.69, 9.17) is 5.73 Å². The summed E-state index contributed by atoms with van der Waals surface area (Å²) in [4.78, 5) is 15.1. The molecule has 5 nitrogen and oxygen atoms in total. The van der Waals surface area contributed by atoms with Crippen LogP contribution in [0, 0.1) is 0 Å². The highest BCUT2D eigenvalue weighted by molar-refractivity contribution is 5.61. The Kier molecular flexibility index (Phi) is 3.37. The first-order valence-electron chi connectivity index (χ1n) is 6.56. The number of nitrogens with zero attached hydrogens (tertiary/aromatic N) is 4. The zero-order valence-corrected chi connectivity index (χ0v) is 10.7. The van der Waals surface area contributed by atoms with Crippen LogP contribution >= 0.6 is 0 Å². The monoisotopic (exact) mass is 255 g/mol. The molecule has 0 amide bonds. The Morgan fingerprint density at radius 1 is 1.21 bits per heavy atom. The number of anilines is 1. The van der Waals surface area contributed by atoms with E-state index in [1.165, 1.54) is 0 Å². The minimum atomic E-state index is 0.330. The Hall–Kier alpha value is -2.01. The number of piperidine rings is 1. The quantitative estimate of drug-likeness (QED) is 0.880. The van der Waals surface area contributed by atoms with E-state index in [0.717, 1.165) is 43.0 Å². The molecule has 1 aliphatic rings. The molecular formula is C14H17N5.